The van der Waals surface area contributed by atoms with E-state index in [0.29, 0.717) is 17.4 Å². The van der Waals surface area contributed by atoms with Crippen LogP contribution in [0, 0.1) is 0 Å². The van der Waals surface area contributed by atoms with Crippen molar-refractivity contribution in [1.29, 1.82) is 0 Å². The number of anilines is 1. The molecule has 0 atom stereocenters. The number of aromatic nitrogens is 3. The minimum absolute atomic E-state index is 0.169. The monoisotopic (exact) mass is 364 g/mol. The predicted octanol–water partition coefficient (Wildman–Crippen LogP) is 2.74. The Morgan fingerprint density at radius 2 is 2.17 bits per heavy atom. The molecule has 1 amide bonds. The molecule has 7 nitrogen and oxygen atoms in total. The van der Waals surface area contributed by atoms with Crippen LogP contribution in [0.15, 0.2) is 35.8 Å². The van der Waals surface area contributed by atoms with Gasteiger partial charge in [-0.2, -0.15) is 0 Å². The number of hydrogen-bond donors (Lipinski definition) is 2. The van der Waals surface area contributed by atoms with Crippen molar-refractivity contribution >= 4 is 40.1 Å². The van der Waals surface area contributed by atoms with E-state index in [1.54, 1.807) is 18.5 Å². The summed E-state index contributed by atoms with van der Waals surface area (Å²) in [4.78, 5) is 28.2. The molecule has 0 spiro atoms. The number of pyridine rings is 1. The Kier molecular flexibility index (Phi) is 6.95. The summed E-state index contributed by atoms with van der Waals surface area (Å²) < 4.78 is 0. The lowest BCUT2D eigenvalue weighted by Gasteiger charge is -2.06. The van der Waals surface area contributed by atoms with Gasteiger partial charge in [0.15, 0.2) is 5.17 Å². The van der Waals surface area contributed by atoms with E-state index in [4.69, 9.17) is 17.3 Å². The van der Waals surface area contributed by atoms with Gasteiger partial charge in [-0.3, -0.25) is 14.8 Å². The molecule has 0 aromatic carbocycles. The van der Waals surface area contributed by atoms with Gasteiger partial charge in [-0.05, 0) is 18.1 Å². The summed E-state index contributed by atoms with van der Waals surface area (Å²) in [6.07, 6.45) is 6.89. The van der Waals surface area contributed by atoms with E-state index in [1.165, 1.54) is 24.2 Å². The number of hydrogen-bond acceptors (Lipinski definition) is 6. The molecule has 3 N–H and O–H groups in total. The molecular weight excluding hydrogens is 348 g/mol. The van der Waals surface area contributed by atoms with Gasteiger partial charge in [0.05, 0.1) is 30.8 Å². The number of carbonyl (C=O) groups excluding carboxylic acids is 1. The summed E-state index contributed by atoms with van der Waals surface area (Å²) in [5, 5.41) is 3.48. The first-order chi connectivity index (χ1) is 11.6. The predicted molar refractivity (Wildman–Crippen MR) is 97.3 cm³/mol. The quantitative estimate of drug-likeness (QED) is 0.603. The Morgan fingerprint density at radius 3 is 2.88 bits per heavy atom. The maximum absolute atomic E-state index is 12.1. The third-order valence-corrected chi connectivity index (χ3v) is 4.01. The maximum Gasteiger partial charge on any atom is 0.275 e. The zero-order chi connectivity index (χ0) is 17.4. The van der Waals surface area contributed by atoms with Gasteiger partial charge in [0.25, 0.3) is 5.91 Å². The van der Waals surface area contributed by atoms with Gasteiger partial charge in [0.2, 0.25) is 0 Å². The first kappa shape index (κ1) is 18.2. The van der Waals surface area contributed by atoms with Gasteiger partial charge in [0.1, 0.15) is 10.8 Å². The van der Waals surface area contributed by atoms with Gasteiger partial charge < -0.3 is 11.1 Å². The Hall–Kier alpha value is -2.19. The van der Waals surface area contributed by atoms with Crippen LogP contribution in [0.5, 0.6) is 0 Å². The number of halogens is 1. The van der Waals surface area contributed by atoms with E-state index < -0.39 is 0 Å². The molecule has 2 aromatic heterocycles. The molecule has 0 radical (unpaired) electrons. The highest BCUT2D eigenvalue weighted by molar-refractivity contribution is 8.13. The number of rotatable bonds is 6. The van der Waals surface area contributed by atoms with Crippen LogP contribution in [-0.2, 0) is 6.54 Å². The molecule has 0 fully saturated rings. The number of thioether (sulfide) groups is 1. The lowest BCUT2D eigenvalue weighted by atomic mass is 10.2. The van der Waals surface area contributed by atoms with Crippen molar-refractivity contribution in [2.75, 3.05) is 11.1 Å². The molecule has 0 unspecified atom stereocenters. The number of nitrogens with one attached hydrogen (secondary N) is 1. The highest BCUT2D eigenvalue weighted by Gasteiger charge is 2.09. The van der Waals surface area contributed by atoms with Crippen molar-refractivity contribution < 1.29 is 4.79 Å². The second kappa shape index (κ2) is 9.19. The lowest BCUT2D eigenvalue weighted by Crippen LogP contribution is -2.14. The van der Waals surface area contributed by atoms with Gasteiger partial charge in [-0.25, -0.2) is 9.97 Å². The minimum Gasteiger partial charge on any atom is -0.379 e. The highest BCUT2D eigenvalue weighted by Crippen LogP contribution is 2.12. The molecule has 2 rings (SSSR count). The van der Waals surface area contributed by atoms with E-state index in [1.807, 2.05) is 0 Å². The summed E-state index contributed by atoms with van der Waals surface area (Å²) in [7, 11) is 0. The molecule has 2 heterocycles. The summed E-state index contributed by atoms with van der Waals surface area (Å²) >= 11 is 7.17. The third kappa shape index (κ3) is 5.78. The third-order valence-electron chi connectivity index (χ3n) is 2.78. The second-order valence-corrected chi connectivity index (χ2v) is 6.27. The topological polar surface area (TPSA) is 106 Å². The number of amides is 1. The van der Waals surface area contributed by atoms with E-state index >= 15 is 0 Å². The van der Waals surface area contributed by atoms with Crippen LogP contribution >= 0.6 is 23.4 Å². The lowest BCUT2D eigenvalue weighted by molar-refractivity contribution is 0.102. The number of aliphatic imine (C=N–C) groups is 1. The molecule has 0 bridgehead atoms. The first-order valence-corrected chi connectivity index (χ1v) is 8.60. The standard InChI is InChI=1S/C15H17ClN6OS/c1-2-3-24-15(17)21-6-10-4-11(7-18-5-10)22-14(23)12-8-20-13(16)9-19-12/h4-5,7-9H,2-3,6H2,1H3,(H2,17,21)(H,22,23). The van der Waals surface area contributed by atoms with Crippen LogP contribution in [0.3, 0.4) is 0 Å². The molecule has 9 heteroatoms. The Morgan fingerprint density at radius 1 is 1.33 bits per heavy atom. The van der Waals surface area contributed by atoms with Crippen molar-refractivity contribution in [1.82, 2.24) is 15.0 Å². The zero-order valence-electron chi connectivity index (χ0n) is 13.1. The number of nitrogens with zero attached hydrogens (tertiary/aromatic N) is 4. The highest BCUT2D eigenvalue weighted by atomic mass is 35.5. The fraction of sp³-hybridized carbons (Fsp3) is 0.267. The Labute approximate surface area is 149 Å². The Bertz CT molecular complexity index is 722. The van der Waals surface area contributed by atoms with Crippen LogP contribution in [0.4, 0.5) is 5.69 Å². The van der Waals surface area contributed by atoms with Crippen LogP contribution in [0.2, 0.25) is 5.15 Å². The SMILES string of the molecule is CCCSC(N)=NCc1cncc(NC(=O)c2cnc(Cl)cn2)c1. The summed E-state index contributed by atoms with van der Waals surface area (Å²) in [6, 6.07) is 1.79. The maximum atomic E-state index is 12.1. The molecule has 0 aliphatic heterocycles. The van der Waals surface area contributed by atoms with Gasteiger partial charge in [0, 0.05) is 11.9 Å². The van der Waals surface area contributed by atoms with E-state index in [2.05, 4.69) is 32.2 Å². The van der Waals surface area contributed by atoms with Gasteiger partial charge in [-0.1, -0.05) is 30.3 Å². The van der Waals surface area contributed by atoms with Crippen LogP contribution in [0.1, 0.15) is 29.4 Å². The van der Waals surface area contributed by atoms with Crippen molar-refractivity contribution in [3.8, 4) is 0 Å². The van der Waals surface area contributed by atoms with E-state index in [-0.39, 0.29) is 16.8 Å². The van der Waals surface area contributed by atoms with Crippen molar-refractivity contribution in [2.45, 2.75) is 19.9 Å². The minimum atomic E-state index is -0.389. The van der Waals surface area contributed by atoms with Crippen LogP contribution in [-0.4, -0.2) is 31.8 Å². The van der Waals surface area contributed by atoms with Crippen molar-refractivity contribution in [3.05, 3.63) is 47.3 Å². The Balaban J connectivity index is 1.99. The summed E-state index contributed by atoms with van der Waals surface area (Å²) in [5.41, 5.74) is 7.37. The molecule has 0 saturated carbocycles. The largest absolute Gasteiger partial charge is 0.379 e. The molecular formula is C15H17ClN6OS. The fourth-order valence-electron chi connectivity index (χ4n) is 1.69. The molecule has 126 valence electrons. The zero-order valence-corrected chi connectivity index (χ0v) is 14.6. The second-order valence-electron chi connectivity index (χ2n) is 4.76. The number of amidine groups is 1. The van der Waals surface area contributed by atoms with Gasteiger partial charge in [-0.15, -0.1) is 0 Å². The fourth-order valence-corrected chi connectivity index (χ4v) is 2.36. The van der Waals surface area contributed by atoms with Crippen molar-refractivity contribution in [3.63, 3.8) is 0 Å². The smallest absolute Gasteiger partial charge is 0.275 e. The summed E-state index contributed by atoms with van der Waals surface area (Å²) in [5.74, 6) is 0.547. The summed E-state index contributed by atoms with van der Waals surface area (Å²) in [6.45, 7) is 2.49. The van der Waals surface area contributed by atoms with E-state index in [0.717, 1.165) is 17.7 Å². The van der Waals surface area contributed by atoms with Crippen molar-refractivity contribution in [2.24, 2.45) is 10.7 Å². The number of carbonyl (C=O) groups is 1. The average molecular weight is 365 g/mol. The normalized spacial score (nSPS) is 11.3. The van der Waals surface area contributed by atoms with Crippen LogP contribution < -0.4 is 11.1 Å². The first-order valence-electron chi connectivity index (χ1n) is 7.24. The van der Waals surface area contributed by atoms with Crippen LogP contribution in [0.25, 0.3) is 0 Å². The molecule has 24 heavy (non-hydrogen) atoms. The molecule has 0 saturated heterocycles. The molecule has 0 aliphatic carbocycles. The molecule has 0 aliphatic rings. The van der Waals surface area contributed by atoms with Gasteiger partial charge >= 0.3 is 0 Å². The average Bonchev–Trinajstić information content (AvgIpc) is 2.59. The number of nitrogens with two attached hydrogens (primary N) is 1. The van der Waals surface area contributed by atoms with E-state index in [9.17, 15) is 4.79 Å². The molecule has 2 aromatic rings.